The molecule has 3 amide bonds. The lowest BCUT2D eigenvalue weighted by Gasteiger charge is -2.36. The summed E-state index contributed by atoms with van der Waals surface area (Å²) in [5.41, 5.74) is 0.824. The Labute approximate surface area is 344 Å². The maximum Gasteiger partial charge on any atom is 0.433 e. The Morgan fingerprint density at radius 3 is 2.38 bits per heavy atom. The summed E-state index contributed by atoms with van der Waals surface area (Å²) in [5.74, 6) is -0.383. The molecule has 2 saturated heterocycles. The van der Waals surface area contributed by atoms with E-state index < -0.39 is 35.3 Å². The molecule has 1 atom stereocenters. The average molecular weight is 829 g/mol. The van der Waals surface area contributed by atoms with Crippen molar-refractivity contribution in [3.8, 4) is 0 Å². The first-order valence-electron chi connectivity index (χ1n) is 20.9. The number of imide groups is 1. The van der Waals surface area contributed by atoms with Gasteiger partial charge in [0.25, 0.3) is 5.91 Å². The third kappa shape index (κ3) is 8.49. The fourth-order valence-electron chi connectivity index (χ4n) is 9.52. The molecule has 5 heterocycles. The van der Waals surface area contributed by atoms with Crippen molar-refractivity contribution in [1.82, 2.24) is 34.1 Å². The molecule has 0 bridgehead atoms. The van der Waals surface area contributed by atoms with Crippen molar-refractivity contribution in [2.24, 2.45) is 18.9 Å². The Balaban J connectivity index is 0.847. The Morgan fingerprint density at radius 2 is 1.68 bits per heavy atom. The monoisotopic (exact) mass is 828 g/mol. The Morgan fingerprint density at radius 1 is 0.950 bits per heavy atom. The number of nitrogens with one attached hydrogen (secondary N) is 2. The fraction of sp³-hybridized carbons (Fsp3) is 0.500. The summed E-state index contributed by atoms with van der Waals surface area (Å²) in [4.78, 5) is 56.9. The Kier molecular flexibility index (Phi) is 11.2. The van der Waals surface area contributed by atoms with E-state index in [4.69, 9.17) is 5.10 Å². The quantitative estimate of drug-likeness (QED) is 0.133. The highest BCUT2D eigenvalue weighted by Crippen LogP contribution is 2.37. The molecule has 1 aliphatic carbocycles. The van der Waals surface area contributed by atoms with Crippen LogP contribution in [0.15, 0.2) is 59.5 Å². The highest BCUT2D eigenvalue weighted by atomic mass is 19.4. The number of alkyl halides is 3. The van der Waals surface area contributed by atoms with E-state index in [-0.39, 0.29) is 35.4 Å². The number of para-hydroxylation sites is 1. The summed E-state index contributed by atoms with van der Waals surface area (Å²) in [6.45, 7) is 6.32. The number of fused-ring (bicyclic) bond motifs is 2. The molecule has 3 N–H and O–H groups in total. The number of aryl methyl sites for hydroxylation is 2. The summed E-state index contributed by atoms with van der Waals surface area (Å²) in [6.07, 6.45) is 5.94. The van der Waals surface area contributed by atoms with Gasteiger partial charge in [-0.1, -0.05) is 18.2 Å². The minimum Gasteiger partial charge on any atom is -0.386 e. The summed E-state index contributed by atoms with van der Waals surface area (Å²) in [7, 11) is 1.75. The van der Waals surface area contributed by atoms with Crippen molar-refractivity contribution >= 4 is 45.3 Å². The lowest BCUT2D eigenvalue weighted by molar-refractivity contribution is -0.141. The molecule has 1 unspecified atom stereocenters. The molecule has 8 rings (SSSR count). The van der Waals surface area contributed by atoms with Crippen LogP contribution in [0.1, 0.15) is 111 Å². The van der Waals surface area contributed by atoms with Gasteiger partial charge in [-0.25, -0.2) is 9.78 Å². The topological polar surface area (TPSA) is 156 Å². The zero-order valence-electron chi connectivity index (χ0n) is 34.1. The normalized spacial score (nSPS) is 21.1. The number of rotatable bonds is 10. The molecular weight excluding hydrogens is 778 g/mol. The molecule has 5 aromatic rings. The number of anilines is 1. The van der Waals surface area contributed by atoms with E-state index in [0.29, 0.717) is 29.3 Å². The predicted molar refractivity (Wildman–Crippen MR) is 219 cm³/mol. The number of hydrogen-bond acceptors (Lipinski definition) is 8. The molecular formula is C44H51F3N8O5. The van der Waals surface area contributed by atoms with Crippen molar-refractivity contribution in [3.63, 3.8) is 0 Å². The number of aromatic nitrogens is 5. The lowest BCUT2D eigenvalue weighted by Crippen LogP contribution is -2.44. The van der Waals surface area contributed by atoms with Gasteiger partial charge in [0.1, 0.15) is 17.4 Å². The smallest absolute Gasteiger partial charge is 0.386 e. The van der Waals surface area contributed by atoms with E-state index in [2.05, 4.69) is 26.6 Å². The molecule has 3 fully saturated rings. The van der Waals surface area contributed by atoms with E-state index in [1.165, 1.54) is 6.07 Å². The minimum absolute atomic E-state index is 0.196. The van der Waals surface area contributed by atoms with Crippen LogP contribution < -0.4 is 16.3 Å². The summed E-state index contributed by atoms with van der Waals surface area (Å²) in [5, 5.41) is 21.7. The number of halogens is 3. The Hall–Kier alpha value is -5.35. The number of benzene rings is 2. The molecule has 318 valence electrons. The van der Waals surface area contributed by atoms with Gasteiger partial charge >= 0.3 is 11.9 Å². The number of imidazole rings is 1. The molecule has 3 aromatic heterocycles. The van der Waals surface area contributed by atoms with Gasteiger partial charge < -0.3 is 15.3 Å². The third-order valence-corrected chi connectivity index (χ3v) is 12.8. The van der Waals surface area contributed by atoms with Crippen molar-refractivity contribution < 1.29 is 32.7 Å². The molecule has 3 aliphatic rings. The van der Waals surface area contributed by atoms with Crippen LogP contribution in [0.25, 0.3) is 21.9 Å². The highest BCUT2D eigenvalue weighted by Gasteiger charge is 2.34. The zero-order chi connectivity index (χ0) is 42.5. The zero-order valence-corrected chi connectivity index (χ0v) is 34.1. The summed E-state index contributed by atoms with van der Waals surface area (Å²) >= 11 is 0. The number of carbonyl (C=O) groups is 3. The number of likely N-dealkylation sites (tertiary alicyclic amines) is 1. The van der Waals surface area contributed by atoms with E-state index >= 15 is 0 Å². The van der Waals surface area contributed by atoms with Crippen molar-refractivity contribution in [2.75, 3.05) is 25.0 Å². The molecule has 2 aliphatic heterocycles. The van der Waals surface area contributed by atoms with Gasteiger partial charge in [-0.2, -0.15) is 18.3 Å². The first kappa shape index (κ1) is 41.4. The van der Waals surface area contributed by atoms with Crippen LogP contribution in [0.3, 0.4) is 0 Å². The fourth-order valence-corrected chi connectivity index (χ4v) is 9.52. The first-order chi connectivity index (χ1) is 28.5. The standard InChI is InChI=1S/C44H51F3N8O5/c1-43(2,60)31-23-33-29(22-34(31)49-40(57)32-7-5-9-37(48-32)44(45,46)47)25-54(51-33)30-14-11-27(12-15-30)24-53-20-18-26(19-21-53)10-13-28-6-4-8-35-39(28)52(3)42(59)55(35)36-16-17-38(56)50-41(36)58/h4-9,22-23,25-27,30,36,60H,10-21,24H2,1-3H3,(H,49,57)(H,50,56,58)/t27-,30-,36?. The van der Waals surface area contributed by atoms with E-state index in [1.807, 2.05) is 23.0 Å². The van der Waals surface area contributed by atoms with Gasteiger partial charge in [-0.15, -0.1) is 0 Å². The Bertz CT molecular complexity index is 2500. The van der Waals surface area contributed by atoms with Gasteiger partial charge in [0.2, 0.25) is 11.8 Å². The molecule has 1 saturated carbocycles. The van der Waals surface area contributed by atoms with Crippen LogP contribution >= 0.6 is 0 Å². The third-order valence-electron chi connectivity index (χ3n) is 12.8. The molecule has 0 spiro atoms. The second-order valence-electron chi connectivity index (χ2n) is 17.4. The molecule has 16 heteroatoms. The van der Waals surface area contributed by atoms with Crippen LogP contribution in [0.2, 0.25) is 0 Å². The van der Waals surface area contributed by atoms with Gasteiger partial charge in [0, 0.05) is 42.8 Å². The van der Waals surface area contributed by atoms with Crippen molar-refractivity contribution in [2.45, 2.75) is 102 Å². The maximum absolute atomic E-state index is 13.4. The number of nitrogens with zero attached hydrogens (tertiary/aromatic N) is 6. The number of pyridine rings is 1. The van der Waals surface area contributed by atoms with Gasteiger partial charge in [0.05, 0.1) is 28.2 Å². The first-order valence-corrected chi connectivity index (χ1v) is 20.9. The molecule has 60 heavy (non-hydrogen) atoms. The minimum atomic E-state index is -4.69. The van der Waals surface area contributed by atoms with E-state index in [1.54, 1.807) is 42.2 Å². The van der Waals surface area contributed by atoms with Crippen LogP contribution in [0.5, 0.6) is 0 Å². The summed E-state index contributed by atoms with van der Waals surface area (Å²) in [6, 6.07) is 12.0. The molecule has 13 nitrogen and oxygen atoms in total. The summed E-state index contributed by atoms with van der Waals surface area (Å²) < 4.78 is 44.9. The van der Waals surface area contributed by atoms with Crippen molar-refractivity contribution in [3.05, 3.63) is 87.7 Å². The number of hydrogen-bond donors (Lipinski definition) is 3. The SMILES string of the molecule is Cn1c(=O)n(C2CCC(=O)NC2=O)c2cccc(CCC3CCN(C[C@H]4CC[C@H](n5cc6cc(NC(=O)c7cccc(C(F)(F)F)n7)c(C(C)(C)O)cc6n5)CC4)CC3)c21. The van der Waals surface area contributed by atoms with Crippen molar-refractivity contribution in [1.29, 1.82) is 0 Å². The van der Waals surface area contributed by atoms with E-state index in [0.717, 1.165) is 105 Å². The molecule has 0 radical (unpaired) electrons. The largest absolute Gasteiger partial charge is 0.433 e. The van der Waals surface area contributed by atoms with Crippen LogP contribution in [0.4, 0.5) is 18.9 Å². The van der Waals surface area contributed by atoms with Gasteiger partial charge in [-0.3, -0.25) is 33.5 Å². The van der Waals surface area contributed by atoms with Crippen LogP contribution in [0, 0.1) is 11.8 Å². The van der Waals surface area contributed by atoms with Gasteiger partial charge in [-0.05, 0) is 132 Å². The number of piperidine rings is 2. The predicted octanol–water partition coefficient (Wildman–Crippen LogP) is 6.64. The van der Waals surface area contributed by atoms with Crippen LogP contribution in [-0.4, -0.2) is 71.3 Å². The number of carbonyl (C=O) groups excluding carboxylic acids is 3. The lowest BCUT2D eigenvalue weighted by atomic mass is 9.84. The number of aliphatic hydroxyl groups is 1. The van der Waals surface area contributed by atoms with E-state index in [9.17, 15) is 37.5 Å². The average Bonchev–Trinajstić information content (AvgIpc) is 3.74. The maximum atomic E-state index is 13.4. The van der Waals surface area contributed by atoms with Crippen LogP contribution in [-0.2, 0) is 34.8 Å². The second kappa shape index (κ2) is 16.3. The molecule has 2 aromatic carbocycles. The number of amides is 3. The highest BCUT2D eigenvalue weighted by molar-refractivity contribution is 6.04. The second-order valence-corrected chi connectivity index (χ2v) is 17.4. The van der Waals surface area contributed by atoms with Gasteiger partial charge in [0.15, 0.2) is 0 Å².